The first-order valence-corrected chi connectivity index (χ1v) is 13.3. The number of allylic oxidation sites excluding steroid dienone is 4. The zero-order valence-electron chi connectivity index (χ0n) is 21.4. The van der Waals surface area contributed by atoms with Gasteiger partial charge in [0.05, 0.1) is 6.10 Å². The minimum Gasteiger partial charge on any atom is -0.466 e. The molecule has 0 saturated heterocycles. The predicted molar refractivity (Wildman–Crippen MR) is 129 cm³/mol. The van der Waals surface area contributed by atoms with Gasteiger partial charge in [0.15, 0.2) is 0 Å². The molecule has 0 aromatic rings. The van der Waals surface area contributed by atoms with Gasteiger partial charge in [-0.05, 0) is 92.1 Å². The lowest BCUT2D eigenvalue weighted by atomic mass is 9.62. The monoisotopic (exact) mass is 428 g/mol. The summed E-state index contributed by atoms with van der Waals surface area (Å²) in [5.74, 6) is 7.10. The van der Waals surface area contributed by atoms with Crippen LogP contribution in [0.1, 0.15) is 99.3 Å². The number of hydrogen-bond acceptors (Lipinski definition) is 2. The molecule has 2 bridgehead atoms. The molecule has 8 atom stereocenters. The third-order valence-electron chi connectivity index (χ3n) is 10.5. The van der Waals surface area contributed by atoms with Crippen LogP contribution in [-0.4, -0.2) is 13.2 Å². The Morgan fingerprint density at radius 1 is 1.06 bits per heavy atom. The highest BCUT2D eigenvalue weighted by molar-refractivity contribution is 5.25. The summed E-state index contributed by atoms with van der Waals surface area (Å²) < 4.78 is 12.6. The van der Waals surface area contributed by atoms with E-state index >= 15 is 0 Å². The van der Waals surface area contributed by atoms with Gasteiger partial charge in [-0.1, -0.05) is 54.4 Å². The molecule has 2 saturated carbocycles. The fourth-order valence-corrected chi connectivity index (χ4v) is 7.62. The highest BCUT2D eigenvalue weighted by atomic mass is 16.5. The van der Waals surface area contributed by atoms with Crippen molar-refractivity contribution in [2.45, 2.75) is 105 Å². The van der Waals surface area contributed by atoms with Crippen molar-refractivity contribution in [3.05, 3.63) is 23.7 Å². The van der Waals surface area contributed by atoms with Crippen LogP contribution in [0.4, 0.5) is 0 Å². The first kappa shape index (κ1) is 23.4. The van der Waals surface area contributed by atoms with Crippen LogP contribution in [0.2, 0.25) is 0 Å². The molecular formula is C29H48O2. The number of fused-ring (bicyclic) bond motifs is 6. The second kappa shape index (κ2) is 8.88. The van der Waals surface area contributed by atoms with Gasteiger partial charge in [-0.2, -0.15) is 0 Å². The molecule has 0 aromatic carbocycles. The Hall–Kier alpha value is -0.760. The molecule has 4 aliphatic rings. The van der Waals surface area contributed by atoms with E-state index in [0.717, 1.165) is 36.5 Å². The predicted octanol–water partition coefficient (Wildman–Crippen LogP) is 8.14. The van der Waals surface area contributed by atoms with Gasteiger partial charge in [0, 0.05) is 18.4 Å². The zero-order valence-corrected chi connectivity index (χ0v) is 21.4. The number of rotatable bonds is 6. The lowest BCUT2D eigenvalue weighted by Gasteiger charge is -2.43. The summed E-state index contributed by atoms with van der Waals surface area (Å²) in [7, 11) is 1.88. The van der Waals surface area contributed by atoms with E-state index in [4.69, 9.17) is 9.47 Å². The molecule has 31 heavy (non-hydrogen) atoms. The van der Waals surface area contributed by atoms with Crippen molar-refractivity contribution in [3.8, 4) is 0 Å². The third-order valence-corrected chi connectivity index (χ3v) is 10.5. The first-order chi connectivity index (χ1) is 14.7. The minimum absolute atomic E-state index is 0.177. The molecule has 0 aromatic heterocycles. The van der Waals surface area contributed by atoms with E-state index in [0.29, 0.717) is 23.4 Å². The number of ether oxygens (including phenoxy) is 2. The third kappa shape index (κ3) is 4.16. The summed E-state index contributed by atoms with van der Waals surface area (Å²) in [4.78, 5) is 0. The van der Waals surface area contributed by atoms with Gasteiger partial charge >= 0.3 is 0 Å². The smallest absolute Gasteiger partial charge is 0.106 e. The van der Waals surface area contributed by atoms with Gasteiger partial charge in [0.25, 0.3) is 0 Å². The topological polar surface area (TPSA) is 18.5 Å². The van der Waals surface area contributed by atoms with Crippen LogP contribution in [0.15, 0.2) is 23.7 Å². The van der Waals surface area contributed by atoms with Crippen molar-refractivity contribution in [2.24, 2.45) is 46.3 Å². The van der Waals surface area contributed by atoms with Crippen LogP contribution in [0.3, 0.4) is 0 Å². The minimum atomic E-state index is 0.177. The van der Waals surface area contributed by atoms with Crippen LogP contribution in [0.5, 0.6) is 0 Å². The van der Waals surface area contributed by atoms with Crippen molar-refractivity contribution in [1.82, 2.24) is 0 Å². The highest BCUT2D eigenvalue weighted by Gasteiger charge is 2.54. The second-order valence-corrected chi connectivity index (χ2v) is 12.5. The van der Waals surface area contributed by atoms with Gasteiger partial charge in [0.2, 0.25) is 0 Å². The summed E-state index contributed by atoms with van der Waals surface area (Å²) in [5.41, 5.74) is 0.525. The van der Waals surface area contributed by atoms with E-state index in [1.54, 1.807) is 0 Å². The van der Waals surface area contributed by atoms with E-state index in [-0.39, 0.29) is 5.41 Å². The molecule has 2 heterocycles. The van der Waals surface area contributed by atoms with Crippen molar-refractivity contribution in [3.63, 3.8) is 0 Å². The van der Waals surface area contributed by atoms with Crippen LogP contribution in [-0.2, 0) is 9.47 Å². The van der Waals surface area contributed by atoms with Gasteiger partial charge in [-0.3, -0.25) is 0 Å². The molecule has 2 nitrogen and oxygen atoms in total. The van der Waals surface area contributed by atoms with Gasteiger partial charge < -0.3 is 9.47 Å². The number of hydrogen-bond donors (Lipinski definition) is 0. The SMILES string of the molecule is CO[C@H]1CC[C@]2(C)C3=CC[C@@]4(C)C(CC[C@@H]4[C@@H](C)CC[C@@H](C)C(C)C)C(=CCC2C1)O3. The summed E-state index contributed by atoms with van der Waals surface area (Å²) >= 11 is 0. The highest BCUT2D eigenvalue weighted by Crippen LogP contribution is 2.61. The van der Waals surface area contributed by atoms with E-state index in [1.807, 2.05) is 7.11 Å². The lowest BCUT2D eigenvalue weighted by molar-refractivity contribution is -0.00758. The van der Waals surface area contributed by atoms with E-state index < -0.39 is 0 Å². The normalized spacial score (nSPS) is 41.8. The molecule has 2 fully saturated rings. The molecule has 0 N–H and O–H groups in total. The standard InChI is InChI=1S/C29H48O2/c1-19(2)20(3)8-9-21(4)24-11-12-25-26-13-10-22-18-23(30-7)14-16-28(22,5)27(31-26)15-17-29(24,25)6/h13,15,19-25H,8-12,14,16-18H2,1-7H3/t20-,21+,22?,23+,24-,25?,28+,29-/m1/s1. The molecule has 0 radical (unpaired) electrons. The molecule has 4 rings (SSSR count). The maximum absolute atomic E-state index is 6.83. The molecule has 2 aliphatic carbocycles. The zero-order chi connectivity index (χ0) is 22.4. The van der Waals surface area contributed by atoms with Crippen LogP contribution in [0.25, 0.3) is 0 Å². The second-order valence-electron chi connectivity index (χ2n) is 12.5. The van der Waals surface area contributed by atoms with E-state index in [9.17, 15) is 0 Å². The Balaban J connectivity index is 1.55. The summed E-state index contributed by atoms with van der Waals surface area (Å²) in [6.45, 7) is 14.8. The summed E-state index contributed by atoms with van der Waals surface area (Å²) in [6, 6.07) is 0. The van der Waals surface area contributed by atoms with Crippen LogP contribution in [0, 0.1) is 46.3 Å². The van der Waals surface area contributed by atoms with E-state index in [2.05, 4.69) is 53.7 Å². The molecular weight excluding hydrogens is 380 g/mol. The average Bonchev–Trinajstić information content (AvgIpc) is 2.92. The average molecular weight is 429 g/mol. The maximum atomic E-state index is 6.83. The summed E-state index contributed by atoms with van der Waals surface area (Å²) in [6.07, 6.45) is 16.8. The molecule has 2 aliphatic heterocycles. The largest absolute Gasteiger partial charge is 0.466 e. The van der Waals surface area contributed by atoms with Crippen molar-refractivity contribution < 1.29 is 9.47 Å². The summed E-state index contributed by atoms with van der Waals surface area (Å²) in [5, 5.41) is 0. The van der Waals surface area contributed by atoms with Crippen molar-refractivity contribution in [2.75, 3.05) is 7.11 Å². The molecule has 0 spiro atoms. The Labute approximate surface area is 192 Å². The van der Waals surface area contributed by atoms with Crippen molar-refractivity contribution in [1.29, 1.82) is 0 Å². The Morgan fingerprint density at radius 3 is 2.55 bits per heavy atom. The number of methoxy groups -OCH3 is 1. The lowest BCUT2D eigenvalue weighted by Crippen LogP contribution is -2.38. The Morgan fingerprint density at radius 2 is 1.84 bits per heavy atom. The molecule has 176 valence electrons. The van der Waals surface area contributed by atoms with E-state index in [1.165, 1.54) is 56.5 Å². The quantitative estimate of drug-likeness (QED) is 0.425. The molecule has 2 unspecified atom stereocenters. The van der Waals surface area contributed by atoms with Gasteiger partial charge in [-0.25, -0.2) is 0 Å². The van der Waals surface area contributed by atoms with Crippen LogP contribution >= 0.6 is 0 Å². The first-order valence-electron chi connectivity index (χ1n) is 13.3. The van der Waals surface area contributed by atoms with Crippen LogP contribution < -0.4 is 0 Å². The fraction of sp³-hybridized carbons (Fsp3) is 0.862. The fourth-order valence-electron chi connectivity index (χ4n) is 7.62. The van der Waals surface area contributed by atoms with Gasteiger partial charge in [-0.15, -0.1) is 0 Å². The Bertz CT molecular complexity index is 706. The molecule has 2 heteroatoms. The Kier molecular flexibility index (Phi) is 6.70. The maximum Gasteiger partial charge on any atom is 0.106 e. The van der Waals surface area contributed by atoms with Crippen molar-refractivity contribution >= 4 is 0 Å². The van der Waals surface area contributed by atoms with Gasteiger partial charge in [0.1, 0.15) is 11.5 Å². The molecule has 0 amide bonds.